The minimum atomic E-state index is 0.414. The molecule has 0 fully saturated rings. The first kappa shape index (κ1) is 9.52. The van der Waals surface area contributed by atoms with Crippen molar-refractivity contribution in [3.63, 3.8) is 0 Å². The highest BCUT2D eigenvalue weighted by Crippen LogP contribution is 2.09. The topological polar surface area (TPSA) is 17.8 Å². The van der Waals surface area contributed by atoms with Gasteiger partial charge in [0.25, 0.3) is 0 Å². The van der Waals surface area contributed by atoms with Crippen LogP contribution < -0.4 is 0 Å². The van der Waals surface area contributed by atoms with Crippen molar-refractivity contribution < 1.29 is 0 Å². The van der Waals surface area contributed by atoms with E-state index in [-0.39, 0.29) is 0 Å². The van der Waals surface area contributed by atoms with E-state index in [2.05, 4.69) is 47.0 Å². The summed E-state index contributed by atoms with van der Waals surface area (Å²) in [6, 6.07) is 0. The van der Waals surface area contributed by atoms with Crippen molar-refractivity contribution in [3.05, 3.63) is 23.5 Å². The molecule has 0 aliphatic carbocycles. The van der Waals surface area contributed by atoms with Crippen LogP contribution in [0.1, 0.15) is 18.2 Å². The summed E-state index contributed by atoms with van der Waals surface area (Å²) in [7, 11) is 1.95. The predicted molar refractivity (Wildman–Crippen MR) is 55.4 cm³/mol. The summed E-state index contributed by atoms with van der Waals surface area (Å²) in [4.78, 5) is 0.414. The summed E-state index contributed by atoms with van der Waals surface area (Å²) >= 11 is 3.45. The average molecular weight is 229 g/mol. The molecule has 0 saturated heterocycles. The lowest BCUT2D eigenvalue weighted by Crippen LogP contribution is -1.92. The molecule has 0 aliphatic rings. The first-order valence-electron chi connectivity index (χ1n) is 3.92. The fraction of sp³-hybridized carbons (Fsp3) is 0.444. The van der Waals surface area contributed by atoms with Crippen LogP contribution in [0.3, 0.4) is 0 Å². The molecule has 0 spiro atoms. The molecule has 12 heavy (non-hydrogen) atoms. The summed E-state index contributed by atoms with van der Waals surface area (Å²) in [6.07, 6.45) is 6.06. The van der Waals surface area contributed by atoms with Crippen LogP contribution in [0.5, 0.6) is 0 Å². The molecule has 1 unspecified atom stereocenters. The molecule has 1 rings (SSSR count). The normalized spacial score (nSPS) is 14.0. The van der Waals surface area contributed by atoms with Crippen LogP contribution in [0.15, 0.2) is 12.3 Å². The van der Waals surface area contributed by atoms with E-state index in [9.17, 15) is 0 Å². The van der Waals surface area contributed by atoms with Crippen LogP contribution in [0, 0.1) is 6.92 Å². The van der Waals surface area contributed by atoms with Crippen molar-refractivity contribution in [2.75, 3.05) is 0 Å². The maximum Gasteiger partial charge on any atom is 0.0564 e. The molecule has 0 N–H and O–H groups in total. The Morgan fingerprint density at radius 2 is 2.33 bits per heavy atom. The fourth-order valence-electron chi connectivity index (χ4n) is 0.916. The summed E-state index contributed by atoms with van der Waals surface area (Å²) < 4.78 is 1.87. The first-order chi connectivity index (χ1) is 5.61. The van der Waals surface area contributed by atoms with E-state index in [0.29, 0.717) is 4.83 Å². The Balaban J connectivity index is 2.83. The van der Waals surface area contributed by atoms with E-state index in [4.69, 9.17) is 0 Å². The number of rotatable bonds is 2. The lowest BCUT2D eigenvalue weighted by atomic mass is 10.2. The quantitative estimate of drug-likeness (QED) is 0.712. The number of halogens is 1. The second-order valence-electron chi connectivity index (χ2n) is 2.85. The number of hydrogen-bond donors (Lipinski definition) is 0. The number of hydrogen-bond acceptors (Lipinski definition) is 1. The third-order valence-electron chi connectivity index (χ3n) is 1.81. The molecule has 2 nitrogen and oxygen atoms in total. The van der Waals surface area contributed by atoms with Gasteiger partial charge in [-0.3, -0.25) is 4.68 Å². The van der Waals surface area contributed by atoms with Gasteiger partial charge >= 0.3 is 0 Å². The molecule has 0 bridgehead atoms. The van der Waals surface area contributed by atoms with Crippen LogP contribution in [0.25, 0.3) is 6.08 Å². The van der Waals surface area contributed by atoms with Gasteiger partial charge in [0.1, 0.15) is 0 Å². The van der Waals surface area contributed by atoms with Crippen LogP contribution in [0.4, 0.5) is 0 Å². The molecule has 1 aromatic heterocycles. The highest BCUT2D eigenvalue weighted by molar-refractivity contribution is 9.09. The van der Waals surface area contributed by atoms with Crippen molar-refractivity contribution in [2.24, 2.45) is 7.05 Å². The summed E-state index contributed by atoms with van der Waals surface area (Å²) in [5.74, 6) is 0. The summed E-state index contributed by atoms with van der Waals surface area (Å²) in [5, 5.41) is 4.14. The molecule has 3 heteroatoms. The van der Waals surface area contributed by atoms with Crippen LogP contribution >= 0.6 is 15.9 Å². The molecule has 0 aromatic carbocycles. The Morgan fingerprint density at radius 1 is 1.67 bits per heavy atom. The monoisotopic (exact) mass is 228 g/mol. The Kier molecular flexibility index (Phi) is 3.09. The van der Waals surface area contributed by atoms with Crippen molar-refractivity contribution in [1.82, 2.24) is 9.78 Å². The smallest absolute Gasteiger partial charge is 0.0564 e. The van der Waals surface area contributed by atoms with Gasteiger partial charge in [-0.25, -0.2) is 0 Å². The zero-order valence-corrected chi connectivity index (χ0v) is 9.17. The van der Waals surface area contributed by atoms with Gasteiger partial charge in [0.15, 0.2) is 0 Å². The lowest BCUT2D eigenvalue weighted by molar-refractivity contribution is 0.740. The fourth-order valence-corrected chi connectivity index (χ4v) is 1.07. The van der Waals surface area contributed by atoms with E-state index in [1.807, 2.05) is 17.9 Å². The number of nitrogens with zero attached hydrogens (tertiary/aromatic N) is 2. The minimum absolute atomic E-state index is 0.414. The summed E-state index contributed by atoms with van der Waals surface area (Å²) in [5.41, 5.74) is 2.38. The van der Waals surface area contributed by atoms with E-state index < -0.39 is 0 Å². The largest absolute Gasteiger partial charge is 0.272 e. The van der Waals surface area contributed by atoms with Gasteiger partial charge < -0.3 is 0 Å². The zero-order valence-electron chi connectivity index (χ0n) is 7.58. The number of aromatic nitrogens is 2. The third-order valence-corrected chi connectivity index (χ3v) is 2.12. The van der Waals surface area contributed by atoms with Crippen molar-refractivity contribution in [2.45, 2.75) is 18.7 Å². The predicted octanol–water partition coefficient (Wildman–Crippen LogP) is 2.53. The molecular formula is C9H13BrN2. The number of allylic oxidation sites excluding steroid dienone is 1. The molecule has 0 aliphatic heterocycles. The van der Waals surface area contributed by atoms with Gasteiger partial charge in [-0.1, -0.05) is 28.1 Å². The first-order valence-corrected chi connectivity index (χ1v) is 4.83. The van der Waals surface area contributed by atoms with Gasteiger partial charge in [0.05, 0.1) is 6.20 Å². The number of alkyl halides is 1. The highest BCUT2D eigenvalue weighted by atomic mass is 79.9. The van der Waals surface area contributed by atoms with Crippen molar-refractivity contribution >= 4 is 22.0 Å². The van der Waals surface area contributed by atoms with Gasteiger partial charge in [-0.2, -0.15) is 5.10 Å². The van der Waals surface area contributed by atoms with E-state index in [1.165, 1.54) is 11.3 Å². The molecule has 0 saturated carbocycles. The van der Waals surface area contributed by atoms with E-state index >= 15 is 0 Å². The Morgan fingerprint density at radius 3 is 2.75 bits per heavy atom. The molecular weight excluding hydrogens is 216 g/mol. The Hall–Kier alpha value is -0.570. The van der Waals surface area contributed by atoms with Crippen molar-refractivity contribution in [3.8, 4) is 0 Å². The van der Waals surface area contributed by atoms with Crippen molar-refractivity contribution in [1.29, 1.82) is 0 Å². The van der Waals surface area contributed by atoms with Crippen LogP contribution in [-0.2, 0) is 7.05 Å². The van der Waals surface area contributed by atoms with Gasteiger partial charge in [0.2, 0.25) is 0 Å². The maximum atomic E-state index is 4.14. The lowest BCUT2D eigenvalue weighted by Gasteiger charge is -1.94. The molecule has 1 heterocycles. The summed E-state index contributed by atoms with van der Waals surface area (Å²) in [6.45, 7) is 4.15. The Labute approximate surface area is 81.4 Å². The SMILES string of the molecule is Cc1c(/C=C/C(C)Br)cnn1C. The van der Waals surface area contributed by atoms with Crippen LogP contribution in [0.2, 0.25) is 0 Å². The average Bonchev–Trinajstić information content (AvgIpc) is 2.30. The number of aryl methyl sites for hydroxylation is 1. The van der Waals surface area contributed by atoms with Crippen LogP contribution in [-0.4, -0.2) is 14.6 Å². The molecule has 1 aromatic rings. The maximum absolute atomic E-state index is 4.14. The van der Waals surface area contributed by atoms with E-state index in [1.54, 1.807) is 0 Å². The molecule has 0 radical (unpaired) electrons. The minimum Gasteiger partial charge on any atom is -0.272 e. The highest BCUT2D eigenvalue weighted by Gasteiger charge is 1.98. The standard InChI is InChI=1S/C9H13BrN2/c1-7(10)4-5-9-6-11-12(3)8(9)2/h4-7H,1-3H3/b5-4+. The molecule has 1 atom stereocenters. The molecule has 0 amide bonds. The van der Waals surface area contributed by atoms with E-state index in [0.717, 1.165) is 0 Å². The Bertz CT molecular complexity index is 287. The second-order valence-corrected chi connectivity index (χ2v) is 4.29. The van der Waals surface area contributed by atoms with Gasteiger partial charge in [0, 0.05) is 23.1 Å². The zero-order chi connectivity index (χ0) is 9.14. The van der Waals surface area contributed by atoms with Gasteiger partial charge in [-0.05, 0) is 13.8 Å². The third kappa shape index (κ3) is 2.21. The molecule has 66 valence electrons. The second kappa shape index (κ2) is 3.90. The van der Waals surface area contributed by atoms with Gasteiger partial charge in [-0.15, -0.1) is 0 Å².